The molecule has 0 N–H and O–H groups in total. The smallest absolute Gasteiger partial charge is 0.0219 e. The molecule has 0 spiro atoms. The van der Waals surface area contributed by atoms with Crippen LogP contribution >= 0.6 is 20.8 Å². The molecule has 0 nitrogen and oxygen atoms in total. The number of allylic oxidation sites excluding steroid dienone is 6. The lowest BCUT2D eigenvalue weighted by atomic mass is 10.2. The maximum atomic E-state index is 5.81. The van der Waals surface area contributed by atoms with E-state index in [1.165, 1.54) is 10.9 Å². The van der Waals surface area contributed by atoms with E-state index in [9.17, 15) is 0 Å². The Morgan fingerprint density at radius 2 is 2.20 bits per heavy atom. The molecule has 0 heterocycles. The van der Waals surface area contributed by atoms with E-state index in [-0.39, 0.29) is 0 Å². The molecule has 0 aromatic carbocycles. The highest BCUT2D eigenvalue weighted by atomic mass is 35.5. The zero-order valence-electron chi connectivity index (χ0n) is 5.89. The van der Waals surface area contributed by atoms with Crippen LogP contribution in [0.3, 0.4) is 0 Å². The number of hydrogen-bond donors (Lipinski definition) is 0. The van der Waals surface area contributed by atoms with Gasteiger partial charge in [0.1, 0.15) is 0 Å². The van der Waals surface area contributed by atoms with Crippen LogP contribution in [0.1, 0.15) is 13.3 Å². The summed E-state index contributed by atoms with van der Waals surface area (Å²) in [5.74, 6) is 0. The van der Waals surface area contributed by atoms with Gasteiger partial charge >= 0.3 is 0 Å². The molecule has 0 bridgehead atoms. The molecule has 1 aliphatic rings. The van der Waals surface area contributed by atoms with Crippen LogP contribution in [0.2, 0.25) is 0 Å². The average molecular weight is 173 g/mol. The van der Waals surface area contributed by atoms with Crippen molar-refractivity contribution in [1.29, 1.82) is 0 Å². The minimum absolute atomic E-state index is 0.863. The van der Waals surface area contributed by atoms with E-state index >= 15 is 0 Å². The first-order valence-electron chi connectivity index (χ1n) is 3.19. The van der Waals surface area contributed by atoms with Crippen molar-refractivity contribution in [2.24, 2.45) is 0 Å². The van der Waals surface area contributed by atoms with Gasteiger partial charge in [0.25, 0.3) is 0 Å². The predicted octanol–water partition coefficient (Wildman–Crippen LogP) is 3.22. The van der Waals surface area contributed by atoms with Crippen LogP contribution in [0.15, 0.2) is 34.1 Å². The van der Waals surface area contributed by atoms with Gasteiger partial charge in [-0.2, -0.15) is 0 Å². The average Bonchev–Trinajstić information content (AvgIpc) is 2.04. The molecule has 0 aliphatic heterocycles. The van der Waals surface area contributed by atoms with Crippen LogP contribution in [-0.4, -0.2) is 0 Å². The molecule has 54 valence electrons. The molecule has 0 aromatic rings. The maximum Gasteiger partial charge on any atom is 0.0219 e. The molecule has 1 unspecified atom stereocenters. The summed E-state index contributed by atoms with van der Waals surface area (Å²) in [7, 11) is 2.68. The molecule has 1 rings (SSSR count). The van der Waals surface area contributed by atoms with Gasteiger partial charge in [0.15, 0.2) is 0 Å². The molecule has 10 heavy (non-hydrogen) atoms. The van der Waals surface area contributed by atoms with Crippen LogP contribution in [0.25, 0.3) is 0 Å². The standard InChI is InChI=1S/C8H10ClP/c1-6-2-3-7(9)4-5-8(6)10/h2,4-5H,3,10H2,1H3. The van der Waals surface area contributed by atoms with Crippen LogP contribution in [-0.2, 0) is 0 Å². The van der Waals surface area contributed by atoms with E-state index in [1.807, 2.05) is 12.2 Å². The molecule has 0 fully saturated rings. The first-order valence-corrected chi connectivity index (χ1v) is 4.14. The van der Waals surface area contributed by atoms with E-state index in [1.54, 1.807) is 0 Å². The zero-order chi connectivity index (χ0) is 7.56. The Kier molecular flexibility index (Phi) is 2.71. The summed E-state index contributed by atoms with van der Waals surface area (Å²) in [6.07, 6.45) is 6.95. The summed E-state index contributed by atoms with van der Waals surface area (Å²) in [6, 6.07) is 0. The lowest BCUT2D eigenvalue weighted by Gasteiger charge is -1.95. The van der Waals surface area contributed by atoms with Crippen molar-refractivity contribution in [3.05, 3.63) is 34.1 Å². The number of rotatable bonds is 0. The van der Waals surface area contributed by atoms with Gasteiger partial charge in [-0.3, -0.25) is 0 Å². The van der Waals surface area contributed by atoms with Crippen LogP contribution in [0, 0.1) is 0 Å². The third-order valence-electron chi connectivity index (χ3n) is 1.50. The first kappa shape index (κ1) is 8.04. The minimum Gasteiger partial charge on any atom is -0.105 e. The Bertz CT molecular complexity index is 223. The van der Waals surface area contributed by atoms with Crippen molar-refractivity contribution < 1.29 is 0 Å². The maximum absolute atomic E-state index is 5.81. The molecule has 1 atom stereocenters. The van der Waals surface area contributed by atoms with Crippen molar-refractivity contribution in [3.63, 3.8) is 0 Å². The Morgan fingerprint density at radius 1 is 1.50 bits per heavy atom. The third-order valence-corrected chi connectivity index (χ3v) is 2.43. The second-order valence-corrected chi connectivity index (χ2v) is 3.43. The highest BCUT2D eigenvalue weighted by Crippen LogP contribution is 2.23. The lowest BCUT2D eigenvalue weighted by molar-refractivity contribution is 1.32. The lowest BCUT2D eigenvalue weighted by Crippen LogP contribution is -1.71. The second kappa shape index (κ2) is 3.37. The van der Waals surface area contributed by atoms with Crippen LogP contribution < -0.4 is 0 Å². The van der Waals surface area contributed by atoms with Gasteiger partial charge in [-0.1, -0.05) is 23.8 Å². The highest BCUT2D eigenvalue weighted by molar-refractivity contribution is 7.23. The van der Waals surface area contributed by atoms with Crippen molar-refractivity contribution in [3.8, 4) is 0 Å². The van der Waals surface area contributed by atoms with Gasteiger partial charge in [-0.15, -0.1) is 9.24 Å². The molecule has 0 saturated heterocycles. The Hall–Kier alpha value is -0.0600. The molecular formula is C8H10ClP. The quantitative estimate of drug-likeness (QED) is 0.492. The topological polar surface area (TPSA) is 0 Å². The molecule has 1 aliphatic carbocycles. The van der Waals surface area contributed by atoms with Gasteiger partial charge in [-0.05, 0) is 23.9 Å². The molecule has 0 radical (unpaired) electrons. The SMILES string of the molecule is CC1=CCC(Cl)=CC=C1P. The monoisotopic (exact) mass is 172 g/mol. The van der Waals surface area contributed by atoms with Crippen molar-refractivity contribution in [2.75, 3.05) is 0 Å². The van der Waals surface area contributed by atoms with Crippen LogP contribution in [0.4, 0.5) is 0 Å². The fourth-order valence-corrected chi connectivity index (χ4v) is 1.10. The third kappa shape index (κ3) is 1.97. The summed E-state index contributed by atoms with van der Waals surface area (Å²) in [5, 5.41) is 2.12. The fourth-order valence-electron chi connectivity index (χ4n) is 0.748. The first-order chi connectivity index (χ1) is 4.70. The van der Waals surface area contributed by atoms with Crippen molar-refractivity contribution in [1.82, 2.24) is 0 Å². The van der Waals surface area contributed by atoms with Crippen molar-refractivity contribution >= 4 is 20.8 Å². The minimum atomic E-state index is 0.863. The van der Waals surface area contributed by atoms with Gasteiger partial charge < -0.3 is 0 Å². The fraction of sp³-hybridized carbons (Fsp3) is 0.250. The number of halogens is 1. The van der Waals surface area contributed by atoms with E-state index in [4.69, 9.17) is 11.6 Å². The Labute approximate surface area is 68.9 Å². The van der Waals surface area contributed by atoms with Crippen LogP contribution in [0.5, 0.6) is 0 Å². The van der Waals surface area contributed by atoms with E-state index in [2.05, 4.69) is 22.2 Å². The molecular weight excluding hydrogens is 163 g/mol. The summed E-state index contributed by atoms with van der Waals surface area (Å²) in [6.45, 7) is 2.09. The number of hydrogen-bond acceptors (Lipinski definition) is 0. The summed E-state index contributed by atoms with van der Waals surface area (Å²) < 4.78 is 0. The summed E-state index contributed by atoms with van der Waals surface area (Å²) >= 11 is 5.81. The van der Waals surface area contributed by atoms with E-state index in [0.29, 0.717) is 0 Å². The highest BCUT2D eigenvalue weighted by Gasteiger charge is 1.97. The zero-order valence-corrected chi connectivity index (χ0v) is 7.81. The molecule has 2 heteroatoms. The van der Waals surface area contributed by atoms with Gasteiger partial charge in [0.2, 0.25) is 0 Å². The van der Waals surface area contributed by atoms with Crippen molar-refractivity contribution in [2.45, 2.75) is 13.3 Å². The molecule has 0 aromatic heterocycles. The Balaban J connectivity index is 2.90. The summed E-state index contributed by atoms with van der Waals surface area (Å²) in [4.78, 5) is 0. The van der Waals surface area contributed by atoms with Gasteiger partial charge in [0, 0.05) is 11.5 Å². The van der Waals surface area contributed by atoms with Gasteiger partial charge in [-0.25, -0.2) is 0 Å². The van der Waals surface area contributed by atoms with Gasteiger partial charge in [0.05, 0.1) is 0 Å². The van der Waals surface area contributed by atoms with E-state index in [0.717, 1.165) is 11.5 Å². The molecule has 0 saturated carbocycles. The summed E-state index contributed by atoms with van der Waals surface area (Å²) in [5.41, 5.74) is 1.29. The molecule has 0 amide bonds. The predicted molar refractivity (Wildman–Crippen MR) is 50.1 cm³/mol. The Morgan fingerprint density at radius 3 is 2.90 bits per heavy atom. The van der Waals surface area contributed by atoms with E-state index < -0.39 is 0 Å². The normalized spacial score (nSPS) is 18.9. The second-order valence-electron chi connectivity index (χ2n) is 2.33. The largest absolute Gasteiger partial charge is 0.105 e.